The second kappa shape index (κ2) is 50.6. The van der Waals surface area contributed by atoms with Crippen LogP contribution in [0.25, 0.3) is 174 Å². The first kappa shape index (κ1) is 105. The molecule has 0 unspecified atom stereocenters. The van der Waals surface area contributed by atoms with Gasteiger partial charge in [-0.1, -0.05) is 231 Å². The number of aromatic nitrogens is 8. The molecule has 0 spiro atoms. The number of hydrogen-bond donors (Lipinski definition) is 0. The van der Waals surface area contributed by atoms with Gasteiger partial charge in [-0.3, -0.25) is 0 Å². The van der Waals surface area contributed by atoms with Crippen molar-refractivity contribution < 1.29 is 89.3 Å². The van der Waals surface area contributed by atoms with E-state index in [0.29, 0.717) is 5.92 Å². The largest absolute Gasteiger partial charge is 0.500 e. The van der Waals surface area contributed by atoms with Crippen LogP contribution in [0.5, 0.6) is 0 Å². The second-order valence-corrected chi connectivity index (χ2v) is 36.7. The third-order valence-corrected chi connectivity index (χ3v) is 24.9. The number of aryl methyl sites for hydroxylation is 5. The number of hydrogen-bond acceptors (Lipinski definition) is 12. The third-order valence-electron chi connectivity index (χ3n) is 22.6. The molecule has 141 heavy (non-hydrogen) atoms. The molecule has 0 bridgehead atoms. The van der Waals surface area contributed by atoms with Crippen LogP contribution in [0.15, 0.2) is 404 Å². The molecule has 12 aromatic carbocycles. The molecule has 0 N–H and O–H groups in total. The van der Waals surface area contributed by atoms with Crippen LogP contribution in [0.1, 0.15) is 73.6 Å². The first-order valence-corrected chi connectivity index (χ1v) is 47.2. The van der Waals surface area contributed by atoms with E-state index in [2.05, 4.69) is 289 Å². The summed E-state index contributed by atoms with van der Waals surface area (Å²) >= 11 is 3.63. The molecule has 0 aliphatic rings. The Morgan fingerprint density at radius 1 is 0.270 bits per heavy atom. The monoisotopic (exact) mass is 2580 g/mol. The molecule has 706 valence electrons. The third kappa shape index (κ3) is 27.2. The number of benzene rings is 12. The fourth-order valence-electron chi connectivity index (χ4n) is 15.6. The van der Waals surface area contributed by atoms with Crippen molar-refractivity contribution in [2.24, 2.45) is 5.92 Å². The molecule has 0 aliphatic heterocycles. The topological polar surface area (TPSA) is 129 Å². The van der Waals surface area contributed by atoms with E-state index >= 15 is 0 Å². The van der Waals surface area contributed by atoms with Crippen LogP contribution in [0, 0.1) is 89.1 Å². The van der Waals surface area contributed by atoms with Gasteiger partial charge in [0.25, 0.3) is 0 Å². The Balaban J connectivity index is 0.000000136. The minimum absolute atomic E-state index is 0. The molecule has 0 atom stereocenters. The molecule has 16 heteroatoms. The van der Waals surface area contributed by atoms with Crippen molar-refractivity contribution in [2.75, 3.05) is 0 Å². The molecule has 24 aromatic rings. The average Bonchev–Trinajstić information content (AvgIpc) is 1.57. The molecule has 4 radical (unpaired) electrons. The van der Waals surface area contributed by atoms with E-state index in [-0.39, 0.29) is 85.8 Å². The first-order chi connectivity index (χ1) is 66.9. The van der Waals surface area contributed by atoms with E-state index in [4.69, 9.17) is 8.83 Å². The van der Waals surface area contributed by atoms with Gasteiger partial charge in [0.1, 0.15) is 11.2 Å². The molecule has 0 fully saturated rings. The van der Waals surface area contributed by atoms with Crippen molar-refractivity contribution in [3.8, 4) is 90.1 Å². The van der Waals surface area contributed by atoms with E-state index in [1.54, 1.807) is 6.20 Å². The van der Waals surface area contributed by atoms with E-state index in [0.717, 1.165) is 135 Å². The maximum atomic E-state index is 6.30. The predicted octanol–water partition coefficient (Wildman–Crippen LogP) is 33.0. The minimum atomic E-state index is 0. The first-order valence-electron chi connectivity index (χ1n) is 45.6. The molecule has 24 rings (SSSR count). The quantitative estimate of drug-likeness (QED) is 0.122. The van der Waals surface area contributed by atoms with Gasteiger partial charge in [0, 0.05) is 150 Å². The predicted molar refractivity (Wildman–Crippen MR) is 569 cm³/mol. The normalized spacial score (nSPS) is 10.6. The summed E-state index contributed by atoms with van der Waals surface area (Å²) in [6, 6.07) is 142. The number of para-hydroxylation sites is 2. The smallest absolute Gasteiger partial charge is 0.124 e. The molecular formula is C125H98Ir4N8O2S2-8. The van der Waals surface area contributed by atoms with Crippen LogP contribution in [0.2, 0.25) is 0 Å². The van der Waals surface area contributed by atoms with Crippen LogP contribution in [-0.4, -0.2) is 39.9 Å². The van der Waals surface area contributed by atoms with E-state index in [1.165, 1.54) is 84.7 Å². The van der Waals surface area contributed by atoms with Crippen molar-refractivity contribution >= 4 is 107 Å². The fraction of sp³-hybridized carbons (Fsp3) is 0.104. The van der Waals surface area contributed by atoms with Crippen LogP contribution in [0.3, 0.4) is 0 Å². The van der Waals surface area contributed by atoms with Gasteiger partial charge in [-0.25, -0.2) is 0 Å². The maximum absolute atomic E-state index is 6.30. The molecule has 0 aliphatic carbocycles. The van der Waals surface area contributed by atoms with Crippen LogP contribution in [0.4, 0.5) is 0 Å². The number of pyridine rings is 8. The summed E-state index contributed by atoms with van der Waals surface area (Å²) in [5, 5.41) is 9.75. The van der Waals surface area contributed by atoms with Gasteiger partial charge >= 0.3 is 0 Å². The zero-order chi connectivity index (χ0) is 94.4. The summed E-state index contributed by atoms with van der Waals surface area (Å²) in [6.07, 6.45) is 15.9. The van der Waals surface area contributed by atoms with Gasteiger partial charge in [-0.05, 0) is 188 Å². The van der Waals surface area contributed by atoms with Crippen molar-refractivity contribution in [1.29, 1.82) is 0 Å². The summed E-state index contributed by atoms with van der Waals surface area (Å²) in [4.78, 5) is 35.1. The van der Waals surface area contributed by atoms with Crippen molar-refractivity contribution in [3.63, 3.8) is 0 Å². The molecule has 0 saturated carbocycles. The molecule has 0 saturated heterocycles. The van der Waals surface area contributed by atoms with Crippen molar-refractivity contribution in [1.82, 2.24) is 39.9 Å². The maximum Gasteiger partial charge on any atom is 0.124 e. The van der Waals surface area contributed by atoms with Crippen LogP contribution < -0.4 is 0 Å². The van der Waals surface area contributed by atoms with Crippen molar-refractivity contribution in [3.05, 3.63) is 483 Å². The summed E-state index contributed by atoms with van der Waals surface area (Å²) < 4.78 is 17.3. The SMILES string of the molecule is CC(C)(C)c1ccc(-c2[c-]cccc2)nc1.CC(C)Cc1cccc2c1oc1c(-c3ccccn3)[c-]ccc12.Cc1ccc(-c2[c-]cccc2)nc1.Cc1ccc(-c2[c-]cccc2)nc1.Cc1ccc(-c2[c-]cccc2)nc1.Cc1ccnc(-c2[c-]cc3oc4ccccc4c3c2)c1.Cc1ccnc(-c2[c-]cc3sc4ccccc4c3c2)c1.[Ir].[Ir].[Ir].[Ir].[c-]1cc2sc3ccccc3c2cc1-c1ccccn1. The van der Waals surface area contributed by atoms with Crippen LogP contribution in [-0.2, 0) is 92.3 Å². The molecule has 12 aromatic heterocycles. The Hall–Kier alpha value is -13.5. The zero-order valence-electron chi connectivity index (χ0n) is 79.4. The van der Waals surface area contributed by atoms with Gasteiger partial charge in [-0.2, -0.15) is 22.7 Å². The number of fused-ring (bicyclic) bond motifs is 12. The van der Waals surface area contributed by atoms with Gasteiger partial charge in [0.15, 0.2) is 0 Å². The Labute approximate surface area is 887 Å². The number of rotatable bonds is 10. The van der Waals surface area contributed by atoms with Gasteiger partial charge in [-0.15, -0.1) is 233 Å². The van der Waals surface area contributed by atoms with E-state index < -0.39 is 0 Å². The van der Waals surface area contributed by atoms with Gasteiger partial charge in [0.05, 0.1) is 11.2 Å². The fourth-order valence-corrected chi connectivity index (χ4v) is 17.7. The average molecular weight is 2580 g/mol. The summed E-state index contributed by atoms with van der Waals surface area (Å²) in [5.74, 6) is 0.593. The molecule has 10 nitrogen and oxygen atoms in total. The molecule has 0 amide bonds. The van der Waals surface area contributed by atoms with Gasteiger partial charge < -0.3 is 48.7 Å². The molecular weight excluding hydrogens is 2480 g/mol. The summed E-state index contributed by atoms with van der Waals surface area (Å²) in [6.45, 7) is 21.3. The number of furan rings is 2. The Morgan fingerprint density at radius 2 is 0.674 bits per heavy atom. The standard InChI is InChI=1S/C21H18NO.C18H12NO.C18H12NS.C17H10NS.C15H16N.3C12H10N.4Ir/c1-14(2)13-15-7-5-8-16-17-9-6-10-18(21(17)23-20(15)16)19-11-3-4-12-22-19;2*1-12-8-9-19-16(10-12)13-6-7-18-15(11-13)14-4-2-3-5-17(14)20-18;1-2-7-16-13(5-1)14-11-12(8-9-17(14)19-16)15-6-3-4-10-18-15;1-15(2,3)13-9-10-14(16-11-13)12-7-5-4-6-8-12;3*1-10-7-8-12(13-9-10)11-5-3-2-4-6-11;;;;/h3-9,11-12,14H,13H2,1-2H3;2*2-5,7-11H,1H3;1-7,9-11H;4-7,9-11H,1-3H3;3*2-5,7-9H,1H3;;;;/q8*-1;;;;. The second-order valence-electron chi connectivity index (χ2n) is 34.6. The van der Waals surface area contributed by atoms with Gasteiger partial charge in [0.2, 0.25) is 0 Å². The van der Waals surface area contributed by atoms with Crippen LogP contribution >= 0.6 is 22.7 Å². The zero-order valence-corrected chi connectivity index (χ0v) is 90.6. The van der Waals surface area contributed by atoms with E-state index in [1.807, 2.05) is 281 Å². The summed E-state index contributed by atoms with van der Waals surface area (Å²) in [7, 11) is 0. The Kier molecular flexibility index (Phi) is 37.6. The number of nitrogens with zero attached hydrogens (tertiary/aromatic N) is 8. The van der Waals surface area contributed by atoms with E-state index in [9.17, 15) is 0 Å². The Bertz CT molecular complexity index is 7750. The molecule has 12 heterocycles. The van der Waals surface area contributed by atoms with Crippen molar-refractivity contribution in [2.45, 2.75) is 81.1 Å². The minimum Gasteiger partial charge on any atom is -0.500 e. The number of thiophene rings is 2. The Morgan fingerprint density at radius 3 is 1.11 bits per heavy atom. The summed E-state index contributed by atoms with van der Waals surface area (Å²) in [5.41, 5.74) is 28.2.